The van der Waals surface area contributed by atoms with Crippen LogP contribution in [0, 0.1) is 11.3 Å². The number of allylic oxidation sites excluding steroid dienone is 2. The molecule has 0 aliphatic heterocycles. The van der Waals surface area contributed by atoms with E-state index in [1.54, 1.807) is 0 Å². The number of rotatable bonds is 5. The van der Waals surface area contributed by atoms with Crippen LogP contribution >= 0.6 is 0 Å². The Kier molecular flexibility index (Phi) is 5.16. The minimum absolute atomic E-state index is 0.242. The van der Waals surface area contributed by atoms with Gasteiger partial charge in [0.25, 0.3) is 0 Å². The summed E-state index contributed by atoms with van der Waals surface area (Å²) in [6, 6.07) is 10.0. The van der Waals surface area contributed by atoms with E-state index in [0.29, 0.717) is 0 Å². The molecule has 0 saturated heterocycles. The summed E-state index contributed by atoms with van der Waals surface area (Å²) in [4.78, 5) is 25.8. The van der Waals surface area contributed by atoms with Crippen molar-refractivity contribution >= 4 is 22.8 Å². The molecule has 0 saturated carbocycles. The maximum atomic E-state index is 12.9. The Morgan fingerprint density at radius 2 is 1.88 bits per heavy atom. The predicted octanol–water partition coefficient (Wildman–Crippen LogP) is 3.41. The third kappa shape index (κ3) is 2.91. The largest absolute Gasteiger partial charge is 0.468 e. The molecule has 1 aliphatic rings. The van der Waals surface area contributed by atoms with Gasteiger partial charge in [0.2, 0.25) is 0 Å². The van der Waals surface area contributed by atoms with Crippen LogP contribution in [0.15, 0.2) is 42.5 Å². The van der Waals surface area contributed by atoms with Crippen LogP contribution in [-0.4, -0.2) is 30.7 Å². The molecule has 1 unspecified atom stereocenters. The van der Waals surface area contributed by atoms with Crippen molar-refractivity contribution in [2.45, 2.75) is 25.7 Å². The van der Waals surface area contributed by atoms with Gasteiger partial charge >= 0.3 is 11.9 Å². The molecule has 0 spiro atoms. The summed E-state index contributed by atoms with van der Waals surface area (Å²) in [5, 5.41) is 1.08. The van der Waals surface area contributed by atoms with Gasteiger partial charge in [0, 0.05) is 30.6 Å². The Morgan fingerprint density at radius 1 is 1.19 bits per heavy atom. The normalized spacial score (nSPS) is 17.3. The van der Waals surface area contributed by atoms with Crippen molar-refractivity contribution in [3.8, 4) is 0 Å². The van der Waals surface area contributed by atoms with Crippen molar-refractivity contribution in [2.24, 2.45) is 18.4 Å². The molecule has 5 nitrogen and oxygen atoms in total. The van der Waals surface area contributed by atoms with Crippen molar-refractivity contribution in [3.63, 3.8) is 0 Å². The number of benzene rings is 1. The van der Waals surface area contributed by atoms with Gasteiger partial charge < -0.3 is 14.0 Å². The number of aromatic nitrogens is 1. The van der Waals surface area contributed by atoms with Crippen molar-refractivity contribution in [1.82, 2.24) is 4.57 Å². The molecule has 0 radical (unpaired) electrons. The summed E-state index contributed by atoms with van der Waals surface area (Å²) in [5.41, 5.74) is 0.592. The highest BCUT2D eigenvalue weighted by atomic mass is 16.5. The molecule has 0 bridgehead atoms. The van der Waals surface area contributed by atoms with E-state index in [2.05, 4.69) is 0 Å². The van der Waals surface area contributed by atoms with Crippen LogP contribution in [0.25, 0.3) is 10.9 Å². The topological polar surface area (TPSA) is 57.5 Å². The highest BCUT2D eigenvalue weighted by Gasteiger charge is 2.54. The first-order chi connectivity index (χ1) is 12.5. The molecular formula is C21H25NO4. The lowest BCUT2D eigenvalue weighted by Crippen LogP contribution is -2.49. The summed E-state index contributed by atoms with van der Waals surface area (Å²) in [7, 11) is 4.61. The fraction of sp³-hybridized carbons (Fsp3) is 0.429. The van der Waals surface area contributed by atoms with E-state index in [0.717, 1.165) is 35.9 Å². The number of carbonyl (C=O) groups is 2. The molecule has 1 heterocycles. The van der Waals surface area contributed by atoms with E-state index in [1.165, 1.54) is 14.2 Å². The monoisotopic (exact) mass is 355 g/mol. The molecule has 2 aromatic rings. The van der Waals surface area contributed by atoms with Crippen molar-refractivity contribution in [1.29, 1.82) is 0 Å². The van der Waals surface area contributed by atoms with E-state index in [-0.39, 0.29) is 12.3 Å². The number of para-hydroxylation sites is 1. The fourth-order valence-corrected chi connectivity index (χ4v) is 4.05. The van der Waals surface area contributed by atoms with Crippen molar-refractivity contribution in [2.75, 3.05) is 14.2 Å². The average Bonchev–Trinajstić information content (AvgIpc) is 3.01. The lowest BCUT2D eigenvalue weighted by Gasteiger charge is -2.35. The number of methoxy groups -OCH3 is 2. The van der Waals surface area contributed by atoms with Crippen LogP contribution in [-0.2, 0) is 32.5 Å². The van der Waals surface area contributed by atoms with Gasteiger partial charge in [0.1, 0.15) is 0 Å². The zero-order valence-electron chi connectivity index (χ0n) is 15.5. The molecular weight excluding hydrogens is 330 g/mol. The van der Waals surface area contributed by atoms with Gasteiger partial charge in [-0.3, -0.25) is 9.59 Å². The fourth-order valence-electron chi connectivity index (χ4n) is 4.05. The van der Waals surface area contributed by atoms with Crippen LogP contribution in [0.2, 0.25) is 0 Å². The highest BCUT2D eigenvalue weighted by molar-refractivity contribution is 6.01. The molecule has 26 heavy (non-hydrogen) atoms. The Balaban J connectivity index is 2.13. The quantitative estimate of drug-likeness (QED) is 0.468. The molecule has 0 N–H and O–H groups in total. The van der Waals surface area contributed by atoms with Gasteiger partial charge in [0.15, 0.2) is 5.41 Å². The number of hydrogen-bond donors (Lipinski definition) is 0. The standard InChI is InChI=1S/C21H25NO4/c1-22-17(13-15-9-7-8-12-18(15)22)14-21(19(23)25-2,20(24)26-3)16-10-5-4-6-11-16/h5,7-10,12-13,16H,4,6,11,14H2,1-3H3. The first-order valence-corrected chi connectivity index (χ1v) is 8.91. The first kappa shape index (κ1) is 18.2. The van der Waals surface area contributed by atoms with Gasteiger partial charge in [-0.1, -0.05) is 30.4 Å². The maximum Gasteiger partial charge on any atom is 0.324 e. The Bertz CT molecular complexity index is 833. The summed E-state index contributed by atoms with van der Waals surface area (Å²) in [6.45, 7) is 0. The van der Waals surface area contributed by atoms with E-state index in [4.69, 9.17) is 9.47 Å². The molecule has 1 aromatic carbocycles. The van der Waals surface area contributed by atoms with Gasteiger partial charge in [-0.2, -0.15) is 0 Å². The number of fused-ring (bicyclic) bond motifs is 1. The van der Waals surface area contributed by atoms with Crippen LogP contribution in [0.1, 0.15) is 25.0 Å². The average molecular weight is 355 g/mol. The maximum absolute atomic E-state index is 12.9. The van der Waals surface area contributed by atoms with Crippen LogP contribution in [0.5, 0.6) is 0 Å². The van der Waals surface area contributed by atoms with Crippen molar-refractivity contribution in [3.05, 3.63) is 48.2 Å². The summed E-state index contributed by atoms with van der Waals surface area (Å²) in [6.07, 6.45) is 6.91. The summed E-state index contributed by atoms with van der Waals surface area (Å²) >= 11 is 0. The molecule has 1 atom stereocenters. The molecule has 1 aliphatic carbocycles. The number of nitrogens with zero attached hydrogens (tertiary/aromatic N) is 1. The van der Waals surface area contributed by atoms with Crippen LogP contribution < -0.4 is 0 Å². The molecule has 1 aromatic heterocycles. The van der Waals surface area contributed by atoms with Gasteiger partial charge in [-0.25, -0.2) is 0 Å². The molecule has 138 valence electrons. The van der Waals surface area contributed by atoms with Gasteiger partial charge in [0.05, 0.1) is 14.2 Å². The second-order valence-corrected chi connectivity index (χ2v) is 6.85. The summed E-state index contributed by atoms with van der Waals surface area (Å²) < 4.78 is 12.2. The second-order valence-electron chi connectivity index (χ2n) is 6.85. The minimum Gasteiger partial charge on any atom is -0.468 e. The third-order valence-electron chi connectivity index (χ3n) is 5.50. The number of carbonyl (C=O) groups excluding carboxylic acids is 2. The Labute approximate surface area is 153 Å². The highest BCUT2D eigenvalue weighted by Crippen LogP contribution is 2.41. The zero-order valence-corrected chi connectivity index (χ0v) is 15.5. The molecule has 3 rings (SSSR count). The van der Waals surface area contributed by atoms with E-state index >= 15 is 0 Å². The zero-order chi connectivity index (χ0) is 18.7. The molecule has 5 heteroatoms. The minimum atomic E-state index is -1.37. The third-order valence-corrected chi connectivity index (χ3v) is 5.50. The number of hydrogen-bond acceptors (Lipinski definition) is 4. The van der Waals surface area contributed by atoms with Crippen LogP contribution in [0.3, 0.4) is 0 Å². The van der Waals surface area contributed by atoms with E-state index in [1.807, 2.05) is 54.1 Å². The molecule has 0 amide bonds. The number of esters is 2. The Hall–Kier alpha value is -2.56. The van der Waals surface area contributed by atoms with Crippen molar-refractivity contribution < 1.29 is 19.1 Å². The van der Waals surface area contributed by atoms with E-state index < -0.39 is 17.4 Å². The number of ether oxygens (including phenoxy) is 2. The van der Waals surface area contributed by atoms with Gasteiger partial charge in [-0.05, 0) is 36.8 Å². The lowest BCUT2D eigenvalue weighted by atomic mass is 9.68. The number of aryl methyl sites for hydroxylation is 1. The first-order valence-electron chi connectivity index (χ1n) is 8.91. The molecule has 0 fully saturated rings. The smallest absolute Gasteiger partial charge is 0.324 e. The second kappa shape index (κ2) is 7.36. The van der Waals surface area contributed by atoms with E-state index in [9.17, 15) is 9.59 Å². The predicted molar refractivity (Wildman–Crippen MR) is 99.6 cm³/mol. The van der Waals surface area contributed by atoms with Gasteiger partial charge in [-0.15, -0.1) is 0 Å². The van der Waals surface area contributed by atoms with Crippen LogP contribution in [0.4, 0.5) is 0 Å². The summed E-state index contributed by atoms with van der Waals surface area (Å²) in [5.74, 6) is -1.31. The SMILES string of the molecule is COC(=O)C(Cc1cc2ccccc2n1C)(C(=O)OC)C1C=CCCC1. The Morgan fingerprint density at radius 3 is 2.46 bits per heavy atom. The lowest BCUT2D eigenvalue weighted by molar-refractivity contribution is -0.173.